The quantitative estimate of drug-likeness (QED) is 0.735. The molecule has 1 aromatic heterocycles. The third kappa shape index (κ3) is 1.32. The number of hydrogen-bond acceptors (Lipinski definition) is 3. The van der Waals surface area contributed by atoms with Crippen molar-refractivity contribution >= 4 is 5.91 Å². The molecule has 0 spiro atoms. The van der Waals surface area contributed by atoms with Gasteiger partial charge in [0.15, 0.2) is 0 Å². The van der Waals surface area contributed by atoms with Crippen molar-refractivity contribution in [1.29, 1.82) is 0 Å². The largest absolute Gasteiger partial charge is 0.506 e. The number of aromatic hydroxyl groups is 1. The summed E-state index contributed by atoms with van der Waals surface area (Å²) in [4.78, 5) is 14.8. The second kappa shape index (κ2) is 2.97. The second-order valence-electron chi connectivity index (χ2n) is 3.67. The number of primary amides is 1. The summed E-state index contributed by atoms with van der Waals surface area (Å²) in [5.41, 5.74) is 7.00. The fourth-order valence-electron chi connectivity index (χ4n) is 1.75. The van der Waals surface area contributed by atoms with Crippen LogP contribution in [0.4, 0.5) is 0 Å². The van der Waals surface area contributed by atoms with Gasteiger partial charge in [-0.1, -0.05) is 0 Å². The minimum absolute atomic E-state index is 0.176. The number of rotatable bonds is 2. The Kier molecular flexibility index (Phi) is 1.91. The lowest BCUT2D eigenvalue weighted by Crippen LogP contribution is -2.15. The van der Waals surface area contributed by atoms with E-state index in [-0.39, 0.29) is 11.4 Å². The van der Waals surface area contributed by atoms with Gasteiger partial charge in [-0.25, -0.2) is 4.98 Å². The van der Waals surface area contributed by atoms with Crippen LogP contribution in [0, 0.1) is 6.92 Å². The van der Waals surface area contributed by atoms with Crippen LogP contribution in [0.5, 0.6) is 5.75 Å². The Hall–Kier alpha value is -1.58. The molecule has 1 heterocycles. The van der Waals surface area contributed by atoms with E-state index in [4.69, 9.17) is 5.73 Å². The van der Waals surface area contributed by atoms with Gasteiger partial charge < -0.3 is 10.8 Å². The molecule has 1 amide bonds. The van der Waals surface area contributed by atoms with E-state index in [9.17, 15) is 9.90 Å². The van der Waals surface area contributed by atoms with Gasteiger partial charge >= 0.3 is 0 Å². The topological polar surface area (TPSA) is 76.2 Å². The third-order valence-corrected chi connectivity index (χ3v) is 2.57. The number of carbonyl (C=O) groups excluding carboxylic acids is 1. The van der Waals surface area contributed by atoms with Crippen LogP contribution in [-0.4, -0.2) is 16.0 Å². The summed E-state index contributed by atoms with van der Waals surface area (Å²) < 4.78 is 0. The Bertz CT molecular complexity index is 397. The molecule has 1 fully saturated rings. The summed E-state index contributed by atoms with van der Waals surface area (Å²) >= 11 is 0. The number of carbonyl (C=O) groups is 1. The third-order valence-electron chi connectivity index (χ3n) is 2.57. The first-order valence-electron chi connectivity index (χ1n) is 4.59. The van der Waals surface area contributed by atoms with Crippen molar-refractivity contribution in [3.63, 3.8) is 0 Å². The lowest BCUT2D eigenvalue weighted by Gasteiger charge is -2.09. The van der Waals surface area contributed by atoms with Gasteiger partial charge in [-0.05, 0) is 31.2 Å². The molecule has 1 aromatic rings. The summed E-state index contributed by atoms with van der Waals surface area (Å²) in [6.45, 7) is 1.78. The number of hydrogen-bond donors (Lipinski definition) is 2. The van der Waals surface area contributed by atoms with E-state index < -0.39 is 5.91 Å². The average molecular weight is 192 g/mol. The molecule has 3 N–H and O–H groups in total. The predicted octanol–water partition coefficient (Wildman–Crippen LogP) is 1.07. The molecular weight excluding hydrogens is 180 g/mol. The molecular formula is C10H12N2O2. The average Bonchev–Trinajstić information content (AvgIpc) is 2.87. The minimum atomic E-state index is -0.538. The first-order chi connectivity index (χ1) is 6.61. The van der Waals surface area contributed by atoms with Crippen LogP contribution in [0.1, 0.15) is 40.4 Å². The SMILES string of the molecule is Cc1c(C(N)=O)ncc(O)c1C1CC1. The van der Waals surface area contributed by atoms with Gasteiger partial charge in [-0.3, -0.25) is 4.79 Å². The van der Waals surface area contributed by atoms with Crippen molar-refractivity contribution in [2.75, 3.05) is 0 Å². The molecule has 0 saturated heterocycles. The Balaban J connectivity index is 2.56. The van der Waals surface area contributed by atoms with Gasteiger partial charge in [-0.2, -0.15) is 0 Å². The summed E-state index contributed by atoms with van der Waals surface area (Å²) in [7, 11) is 0. The van der Waals surface area contributed by atoms with Crippen LogP contribution in [-0.2, 0) is 0 Å². The van der Waals surface area contributed by atoms with Crippen LogP contribution in [0.3, 0.4) is 0 Å². The van der Waals surface area contributed by atoms with Gasteiger partial charge in [0.1, 0.15) is 11.4 Å². The smallest absolute Gasteiger partial charge is 0.267 e. The summed E-state index contributed by atoms with van der Waals surface area (Å²) in [6, 6.07) is 0. The highest BCUT2D eigenvalue weighted by atomic mass is 16.3. The van der Waals surface area contributed by atoms with Gasteiger partial charge in [0, 0.05) is 5.56 Å². The van der Waals surface area contributed by atoms with Crippen LogP contribution in [0.2, 0.25) is 0 Å². The summed E-state index contributed by atoms with van der Waals surface area (Å²) in [5, 5.41) is 9.59. The molecule has 0 aromatic carbocycles. The molecule has 1 aliphatic carbocycles. The monoisotopic (exact) mass is 192 g/mol. The zero-order valence-corrected chi connectivity index (χ0v) is 7.95. The zero-order chi connectivity index (χ0) is 10.3. The van der Waals surface area contributed by atoms with E-state index in [1.807, 2.05) is 0 Å². The number of aromatic nitrogens is 1. The molecule has 0 bridgehead atoms. The molecule has 0 radical (unpaired) electrons. The Morgan fingerprint density at radius 2 is 2.29 bits per heavy atom. The summed E-state index contributed by atoms with van der Waals surface area (Å²) in [5.74, 6) is 0.0236. The van der Waals surface area contributed by atoms with E-state index in [0.29, 0.717) is 5.92 Å². The Labute approximate surface area is 81.8 Å². The van der Waals surface area contributed by atoms with Crippen molar-refractivity contribution in [2.24, 2.45) is 5.73 Å². The van der Waals surface area contributed by atoms with E-state index >= 15 is 0 Å². The van der Waals surface area contributed by atoms with Crippen molar-refractivity contribution in [3.8, 4) is 5.75 Å². The number of amides is 1. The fourth-order valence-corrected chi connectivity index (χ4v) is 1.75. The van der Waals surface area contributed by atoms with Crippen LogP contribution in [0.15, 0.2) is 6.20 Å². The number of pyridine rings is 1. The normalized spacial score (nSPS) is 15.5. The highest BCUT2D eigenvalue weighted by molar-refractivity contribution is 5.92. The van der Waals surface area contributed by atoms with Crippen molar-refractivity contribution in [1.82, 2.24) is 4.98 Å². The van der Waals surface area contributed by atoms with Gasteiger partial charge in [-0.15, -0.1) is 0 Å². The van der Waals surface area contributed by atoms with Crippen molar-refractivity contribution < 1.29 is 9.90 Å². The molecule has 0 aliphatic heterocycles. The van der Waals surface area contributed by atoms with E-state index in [2.05, 4.69) is 4.98 Å². The fraction of sp³-hybridized carbons (Fsp3) is 0.400. The minimum Gasteiger partial charge on any atom is -0.506 e. The van der Waals surface area contributed by atoms with E-state index in [0.717, 1.165) is 24.0 Å². The highest BCUT2D eigenvalue weighted by Crippen LogP contribution is 2.45. The lowest BCUT2D eigenvalue weighted by molar-refractivity contribution is 0.0995. The van der Waals surface area contributed by atoms with Gasteiger partial charge in [0.2, 0.25) is 0 Å². The molecule has 14 heavy (non-hydrogen) atoms. The molecule has 0 unspecified atom stereocenters. The standard InChI is InChI=1S/C10H12N2O2/c1-5-8(6-2-3-6)7(13)4-12-9(5)10(11)14/h4,6,13H,2-3H2,1H3,(H2,11,14). The first kappa shape index (κ1) is 8.99. The molecule has 2 rings (SSSR count). The number of nitrogens with two attached hydrogens (primary N) is 1. The maximum atomic E-state index is 11.0. The molecule has 1 saturated carbocycles. The molecule has 1 aliphatic rings. The van der Waals surface area contributed by atoms with Gasteiger partial charge in [0.05, 0.1) is 6.20 Å². The summed E-state index contributed by atoms with van der Waals surface area (Å²) in [6.07, 6.45) is 3.44. The first-order valence-corrected chi connectivity index (χ1v) is 4.59. The van der Waals surface area contributed by atoms with Gasteiger partial charge in [0.25, 0.3) is 5.91 Å². The molecule has 74 valence electrons. The van der Waals surface area contributed by atoms with E-state index in [1.165, 1.54) is 6.20 Å². The molecule has 4 heteroatoms. The zero-order valence-electron chi connectivity index (χ0n) is 7.95. The maximum Gasteiger partial charge on any atom is 0.267 e. The van der Waals surface area contributed by atoms with Crippen LogP contribution in [0.25, 0.3) is 0 Å². The predicted molar refractivity (Wildman–Crippen MR) is 51.1 cm³/mol. The Morgan fingerprint density at radius 1 is 1.64 bits per heavy atom. The highest BCUT2D eigenvalue weighted by Gasteiger charge is 2.29. The van der Waals surface area contributed by atoms with Crippen LogP contribution < -0.4 is 5.73 Å². The Morgan fingerprint density at radius 3 is 2.79 bits per heavy atom. The van der Waals surface area contributed by atoms with Crippen LogP contribution >= 0.6 is 0 Å². The second-order valence-corrected chi connectivity index (χ2v) is 3.67. The molecule has 4 nitrogen and oxygen atoms in total. The number of nitrogens with zero attached hydrogens (tertiary/aromatic N) is 1. The lowest BCUT2D eigenvalue weighted by atomic mass is 10.0. The van der Waals surface area contributed by atoms with Crippen molar-refractivity contribution in [3.05, 3.63) is 23.0 Å². The van der Waals surface area contributed by atoms with E-state index in [1.54, 1.807) is 6.92 Å². The maximum absolute atomic E-state index is 11.0. The van der Waals surface area contributed by atoms with Crippen molar-refractivity contribution in [2.45, 2.75) is 25.7 Å². The molecule has 0 atom stereocenters.